The Balaban J connectivity index is 1.38. The van der Waals surface area contributed by atoms with Gasteiger partial charge in [0.15, 0.2) is 9.84 Å². The lowest BCUT2D eigenvalue weighted by Crippen LogP contribution is -2.48. The fraction of sp³-hybridized carbons (Fsp3) is 0.462. The number of aromatic nitrogens is 3. The van der Waals surface area contributed by atoms with E-state index in [2.05, 4.69) is 31.0 Å². The van der Waals surface area contributed by atoms with Gasteiger partial charge in [0, 0.05) is 29.6 Å². The molecule has 11 heteroatoms. The topological polar surface area (TPSA) is 68.1 Å². The molecule has 2 aromatic carbocycles. The van der Waals surface area contributed by atoms with Crippen LogP contribution in [0.3, 0.4) is 0 Å². The normalized spacial score (nSPS) is 24.3. The predicted octanol–water partition coefficient (Wildman–Crippen LogP) is 6.01. The number of sulfone groups is 1. The summed E-state index contributed by atoms with van der Waals surface area (Å²) in [4.78, 5) is 2.38. The van der Waals surface area contributed by atoms with E-state index >= 15 is 0 Å². The number of likely N-dealkylation sites (tertiary alicyclic amines) is 1. The van der Waals surface area contributed by atoms with Crippen molar-refractivity contribution in [2.45, 2.75) is 66.4 Å². The van der Waals surface area contributed by atoms with Crippen molar-refractivity contribution in [1.82, 2.24) is 19.7 Å². The number of piperidine rings is 1. The molecule has 0 atom stereocenters. The van der Waals surface area contributed by atoms with Gasteiger partial charge in [-0.15, -0.1) is 10.2 Å². The van der Waals surface area contributed by atoms with Crippen molar-refractivity contribution < 1.29 is 21.6 Å². The van der Waals surface area contributed by atoms with E-state index in [0.717, 1.165) is 54.7 Å². The first-order valence-electron chi connectivity index (χ1n) is 12.4. The van der Waals surface area contributed by atoms with Crippen LogP contribution in [0.5, 0.6) is 0 Å². The Kier molecular flexibility index (Phi) is 7.23. The molecule has 0 unspecified atom stereocenters. The van der Waals surface area contributed by atoms with Crippen LogP contribution in [-0.4, -0.2) is 47.2 Å². The zero-order valence-corrected chi connectivity index (χ0v) is 22.5. The Morgan fingerprint density at radius 1 is 0.838 bits per heavy atom. The average Bonchev–Trinajstić information content (AvgIpc) is 3.44. The van der Waals surface area contributed by atoms with E-state index in [1.54, 1.807) is 12.7 Å². The Labute approximate surface area is 222 Å². The minimum atomic E-state index is -4.52. The van der Waals surface area contributed by atoms with E-state index in [1.807, 2.05) is 28.8 Å². The molecule has 1 aliphatic heterocycles. The second-order valence-electron chi connectivity index (χ2n) is 9.93. The lowest BCUT2D eigenvalue weighted by Gasteiger charge is -2.45. The molecule has 1 saturated carbocycles. The van der Waals surface area contributed by atoms with Gasteiger partial charge < -0.3 is 9.47 Å². The molecule has 1 saturated heterocycles. The summed E-state index contributed by atoms with van der Waals surface area (Å²) in [5, 5.41) is 7.81. The summed E-state index contributed by atoms with van der Waals surface area (Å²) >= 11 is 3.42. The predicted molar refractivity (Wildman–Crippen MR) is 137 cm³/mol. The molecule has 0 spiro atoms. The second kappa shape index (κ2) is 10.1. The first-order valence-corrected chi connectivity index (χ1v) is 14.6. The van der Waals surface area contributed by atoms with Gasteiger partial charge in [0.1, 0.15) is 17.4 Å². The number of rotatable bonds is 5. The zero-order chi connectivity index (χ0) is 26.3. The Morgan fingerprint density at radius 3 is 1.95 bits per heavy atom. The van der Waals surface area contributed by atoms with Crippen LogP contribution in [0.15, 0.2) is 70.6 Å². The molecular weight excluding hydrogens is 569 g/mol. The highest BCUT2D eigenvalue weighted by atomic mass is 79.9. The average molecular weight is 598 g/mol. The maximum atomic E-state index is 14.1. The van der Waals surface area contributed by atoms with Crippen LogP contribution < -0.4 is 0 Å². The molecule has 6 nitrogen and oxygen atoms in total. The zero-order valence-electron chi connectivity index (χ0n) is 20.1. The first kappa shape index (κ1) is 26.4. The van der Waals surface area contributed by atoms with E-state index in [0.29, 0.717) is 37.3 Å². The van der Waals surface area contributed by atoms with Gasteiger partial charge in [-0.1, -0.05) is 28.1 Å². The van der Waals surface area contributed by atoms with Crippen molar-refractivity contribution in [3.8, 4) is 0 Å². The van der Waals surface area contributed by atoms with Crippen LogP contribution in [0.4, 0.5) is 13.2 Å². The summed E-state index contributed by atoms with van der Waals surface area (Å²) in [5.41, 5.74) is -0.178. The lowest BCUT2D eigenvalue weighted by molar-refractivity contribution is -0.137. The van der Waals surface area contributed by atoms with Crippen molar-refractivity contribution in [2.24, 2.45) is 0 Å². The van der Waals surface area contributed by atoms with Gasteiger partial charge in [0.2, 0.25) is 0 Å². The maximum Gasteiger partial charge on any atom is 0.416 e. The third kappa shape index (κ3) is 5.09. The fourth-order valence-corrected chi connectivity index (χ4v) is 8.32. The third-order valence-electron chi connectivity index (χ3n) is 8.01. The molecule has 198 valence electrons. The summed E-state index contributed by atoms with van der Waals surface area (Å²) in [6.45, 7) is 1.84. The van der Waals surface area contributed by atoms with Crippen LogP contribution in [0.1, 0.15) is 55.7 Å². The molecule has 0 N–H and O–H groups in total. The minimum Gasteiger partial charge on any atom is -0.317 e. The van der Waals surface area contributed by atoms with E-state index in [9.17, 15) is 21.6 Å². The smallest absolute Gasteiger partial charge is 0.317 e. The second-order valence-corrected chi connectivity index (χ2v) is 13.1. The van der Waals surface area contributed by atoms with Crippen molar-refractivity contribution in [3.05, 3.63) is 76.8 Å². The molecule has 1 aliphatic carbocycles. The van der Waals surface area contributed by atoms with E-state index in [1.165, 1.54) is 0 Å². The van der Waals surface area contributed by atoms with E-state index in [4.69, 9.17) is 0 Å². The number of halogens is 4. The number of hydrogen-bond donors (Lipinski definition) is 0. The molecule has 2 fully saturated rings. The van der Waals surface area contributed by atoms with Crippen LogP contribution in [-0.2, 0) is 20.8 Å². The lowest BCUT2D eigenvalue weighted by atomic mass is 9.80. The van der Waals surface area contributed by atoms with Gasteiger partial charge in [-0.25, -0.2) is 8.42 Å². The molecule has 0 radical (unpaired) electrons. The molecule has 2 heterocycles. The minimum absolute atomic E-state index is 0.0726. The molecule has 37 heavy (non-hydrogen) atoms. The van der Waals surface area contributed by atoms with Crippen LogP contribution >= 0.6 is 15.9 Å². The van der Waals surface area contributed by atoms with Gasteiger partial charge in [-0.05, 0) is 80.5 Å². The van der Waals surface area contributed by atoms with E-state index < -0.39 is 26.3 Å². The number of benzene rings is 2. The van der Waals surface area contributed by atoms with Gasteiger partial charge in [-0.2, -0.15) is 13.2 Å². The molecule has 0 amide bonds. The third-order valence-corrected chi connectivity index (χ3v) is 11.1. The van der Waals surface area contributed by atoms with Gasteiger partial charge in [-0.3, -0.25) is 0 Å². The fourth-order valence-electron chi connectivity index (χ4n) is 5.90. The first-order chi connectivity index (χ1) is 17.6. The van der Waals surface area contributed by atoms with Crippen molar-refractivity contribution in [1.29, 1.82) is 0 Å². The van der Waals surface area contributed by atoms with E-state index in [-0.39, 0.29) is 10.9 Å². The molecule has 2 aliphatic rings. The Bertz CT molecular complexity index is 1300. The van der Waals surface area contributed by atoms with Crippen LogP contribution in [0.2, 0.25) is 0 Å². The summed E-state index contributed by atoms with van der Waals surface area (Å²) in [6.07, 6.45) is 3.17. The molecule has 1 aromatic heterocycles. The molecule has 3 aromatic rings. The monoisotopic (exact) mass is 596 g/mol. The largest absolute Gasteiger partial charge is 0.416 e. The van der Waals surface area contributed by atoms with Crippen molar-refractivity contribution in [3.63, 3.8) is 0 Å². The Morgan fingerprint density at radius 2 is 1.41 bits per heavy atom. The standard InChI is InChI=1S/C26H28BrF3N4O2S/c27-21-5-1-19(2-6-21)25(37(35,36)24-7-3-20(4-8-24)26(28,29)30)13-9-22(10-14-25)33-15-11-23(12-16-33)34-17-31-32-18-34/h1-8,17-18,22-23H,9-16H2. The Hall–Kier alpha value is -2.24. The molecule has 5 rings (SSSR count). The van der Waals surface area contributed by atoms with Crippen molar-refractivity contribution >= 4 is 25.8 Å². The van der Waals surface area contributed by atoms with Crippen LogP contribution in [0, 0.1) is 0 Å². The summed E-state index contributed by atoms with van der Waals surface area (Å²) in [7, 11) is -3.96. The molecular formula is C26H28BrF3N4O2S. The number of hydrogen-bond acceptors (Lipinski definition) is 5. The number of nitrogens with zero attached hydrogens (tertiary/aromatic N) is 4. The molecule has 0 bridgehead atoms. The van der Waals surface area contributed by atoms with Crippen LogP contribution in [0.25, 0.3) is 0 Å². The van der Waals surface area contributed by atoms with Crippen molar-refractivity contribution in [2.75, 3.05) is 13.1 Å². The highest BCUT2D eigenvalue weighted by Gasteiger charge is 2.49. The van der Waals surface area contributed by atoms with Gasteiger partial charge in [0.05, 0.1) is 10.5 Å². The van der Waals surface area contributed by atoms with Gasteiger partial charge in [0.25, 0.3) is 0 Å². The summed E-state index contributed by atoms with van der Waals surface area (Å²) in [5.74, 6) is 0. The SMILES string of the molecule is O=S(=O)(c1ccc(C(F)(F)F)cc1)C1(c2ccc(Br)cc2)CCC(N2CCC(n3cnnc3)CC2)CC1. The number of alkyl halides is 3. The highest BCUT2D eigenvalue weighted by molar-refractivity contribution is 9.10. The van der Waals surface area contributed by atoms with Gasteiger partial charge >= 0.3 is 6.18 Å². The maximum absolute atomic E-state index is 14.1. The summed E-state index contributed by atoms with van der Waals surface area (Å²) in [6, 6.07) is 11.8. The summed E-state index contributed by atoms with van der Waals surface area (Å²) < 4.78 is 69.2. The highest BCUT2D eigenvalue weighted by Crippen LogP contribution is 2.48. The quantitative estimate of drug-likeness (QED) is 0.361.